The lowest BCUT2D eigenvalue weighted by Crippen LogP contribution is -2.38. The van der Waals surface area contributed by atoms with Crippen LogP contribution in [0.1, 0.15) is 50.5 Å². The van der Waals surface area contributed by atoms with Crippen LogP contribution in [0.4, 0.5) is 0 Å². The van der Waals surface area contributed by atoms with Crippen molar-refractivity contribution >= 4 is 23.1 Å². The van der Waals surface area contributed by atoms with Crippen molar-refractivity contribution in [1.82, 2.24) is 0 Å². The summed E-state index contributed by atoms with van der Waals surface area (Å²) >= 11 is 1.68. The van der Waals surface area contributed by atoms with Crippen LogP contribution in [0.3, 0.4) is 0 Å². The van der Waals surface area contributed by atoms with E-state index in [1.807, 2.05) is 19.2 Å². The van der Waals surface area contributed by atoms with Gasteiger partial charge >= 0.3 is 5.97 Å². The molecule has 0 aliphatic rings. The fraction of sp³-hybridized carbons (Fsp3) is 0.647. The van der Waals surface area contributed by atoms with Gasteiger partial charge in [-0.1, -0.05) is 13.8 Å². The molecule has 0 radical (unpaired) electrons. The second-order valence-electron chi connectivity index (χ2n) is 5.96. The molecule has 0 aliphatic heterocycles. The van der Waals surface area contributed by atoms with Crippen molar-refractivity contribution in [2.75, 3.05) is 6.61 Å². The zero-order valence-electron chi connectivity index (χ0n) is 13.8. The minimum Gasteiger partial charge on any atom is -0.466 e. The number of Topliss-reactive ketones (excluding diaryl/α,β-unsaturated/α-hetero) is 1. The zero-order chi connectivity index (χ0) is 16.8. The van der Waals surface area contributed by atoms with E-state index < -0.39 is 11.6 Å². The topological polar surface area (TPSA) is 63.6 Å². The van der Waals surface area contributed by atoms with Crippen LogP contribution in [0, 0.1) is 12.8 Å². The number of carbonyl (C=O) groups excluding carboxylic acids is 2. The van der Waals surface area contributed by atoms with Gasteiger partial charge in [-0.05, 0) is 49.6 Å². The lowest BCUT2D eigenvalue weighted by atomic mass is 9.80. The first-order chi connectivity index (χ1) is 10.3. The number of carbonyl (C=O) groups is 2. The molecule has 0 saturated heterocycles. The predicted octanol–water partition coefficient (Wildman–Crippen LogP) is 3.29. The van der Waals surface area contributed by atoms with E-state index in [1.54, 1.807) is 18.3 Å². The molecule has 124 valence electrons. The summed E-state index contributed by atoms with van der Waals surface area (Å²) in [7, 11) is 0. The Labute approximate surface area is 136 Å². The number of aliphatic hydroxyl groups is 1. The molecule has 1 aromatic heterocycles. The lowest BCUT2D eigenvalue weighted by Gasteiger charge is -2.31. The Morgan fingerprint density at radius 1 is 1.41 bits per heavy atom. The molecule has 0 amide bonds. The van der Waals surface area contributed by atoms with Crippen LogP contribution in [0.25, 0.3) is 0 Å². The number of esters is 1. The minimum atomic E-state index is -1.09. The molecule has 1 N–H and O–H groups in total. The third kappa shape index (κ3) is 5.54. The van der Waals surface area contributed by atoms with E-state index in [0.717, 1.165) is 6.42 Å². The fourth-order valence-electron chi connectivity index (χ4n) is 2.38. The quantitative estimate of drug-likeness (QED) is 0.559. The molecular weight excluding hydrogens is 300 g/mol. The maximum Gasteiger partial charge on any atom is 0.313 e. The highest BCUT2D eigenvalue weighted by atomic mass is 32.1. The van der Waals surface area contributed by atoms with E-state index in [4.69, 9.17) is 4.74 Å². The fourth-order valence-corrected chi connectivity index (χ4v) is 3.14. The van der Waals surface area contributed by atoms with Crippen molar-refractivity contribution in [2.24, 2.45) is 5.92 Å². The minimum absolute atomic E-state index is 0.00728. The third-order valence-electron chi connectivity index (χ3n) is 4.02. The van der Waals surface area contributed by atoms with Gasteiger partial charge in [0.1, 0.15) is 12.2 Å². The Hall–Kier alpha value is -1.20. The first kappa shape index (κ1) is 18.8. The summed E-state index contributed by atoms with van der Waals surface area (Å²) in [6.45, 7) is 7.82. The van der Waals surface area contributed by atoms with Crippen LogP contribution in [-0.4, -0.2) is 29.1 Å². The van der Waals surface area contributed by atoms with Crippen LogP contribution in [0.5, 0.6) is 0 Å². The smallest absolute Gasteiger partial charge is 0.313 e. The molecule has 1 aromatic rings. The van der Waals surface area contributed by atoms with Crippen LogP contribution in [0.2, 0.25) is 0 Å². The van der Waals surface area contributed by atoms with E-state index in [2.05, 4.69) is 13.0 Å². The second-order valence-corrected chi connectivity index (χ2v) is 7.08. The van der Waals surface area contributed by atoms with E-state index in [0.29, 0.717) is 6.42 Å². The van der Waals surface area contributed by atoms with E-state index >= 15 is 0 Å². The van der Waals surface area contributed by atoms with Gasteiger partial charge in [-0.3, -0.25) is 9.59 Å². The largest absolute Gasteiger partial charge is 0.466 e. The van der Waals surface area contributed by atoms with Gasteiger partial charge in [-0.15, -0.1) is 11.3 Å². The molecule has 5 heteroatoms. The molecule has 0 unspecified atom stereocenters. The highest BCUT2D eigenvalue weighted by Gasteiger charge is 2.34. The number of ether oxygens (including phenoxy) is 1. The van der Waals surface area contributed by atoms with Gasteiger partial charge in [0.05, 0.1) is 12.2 Å². The summed E-state index contributed by atoms with van der Waals surface area (Å²) in [5, 5.41) is 12.9. The van der Waals surface area contributed by atoms with Crippen LogP contribution < -0.4 is 0 Å². The molecule has 0 fully saturated rings. The molecule has 0 aromatic carbocycles. The van der Waals surface area contributed by atoms with Gasteiger partial charge in [0.25, 0.3) is 0 Å². The number of aryl methyl sites for hydroxylation is 2. The van der Waals surface area contributed by atoms with Gasteiger partial charge in [0.15, 0.2) is 0 Å². The van der Waals surface area contributed by atoms with Crippen molar-refractivity contribution < 1.29 is 19.4 Å². The van der Waals surface area contributed by atoms with E-state index in [-0.39, 0.29) is 31.1 Å². The molecule has 0 saturated carbocycles. The molecule has 1 rings (SSSR count). The van der Waals surface area contributed by atoms with Crippen molar-refractivity contribution in [3.63, 3.8) is 0 Å². The normalized spacial score (nSPS) is 13.9. The molecule has 22 heavy (non-hydrogen) atoms. The van der Waals surface area contributed by atoms with Crippen LogP contribution >= 0.6 is 11.3 Å². The summed E-state index contributed by atoms with van der Waals surface area (Å²) < 4.78 is 4.78. The number of hydrogen-bond acceptors (Lipinski definition) is 5. The molecule has 0 aliphatic carbocycles. The molecule has 0 spiro atoms. The Morgan fingerprint density at radius 2 is 2.09 bits per heavy atom. The maximum atomic E-state index is 12.0. The average molecular weight is 326 g/mol. The van der Waals surface area contributed by atoms with Gasteiger partial charge in [-0.25, -0.2) is 0 Å². The van der Waals surface area contributed by atoms with Gasteiger partial charge in [0, 0.05) is 11.3 Å². The highest BCUT2D eigenvalue weighted by Crippen LogP contribution is 2.29. The Bertz CT molecular complexity index is 507. The number of hydrogen-bond donors (Lipinski definition) is 1. The summed E-state index contributed by atoms with van der Waals surface area (Å²) in [5.41, 5.74) is 0.125. The van der Waals surface area contributed by atoms with Gasteiger partial charge in [-0.2, -0.15) is 0 Å². The lowest BCUT2D eigenvalue weighted by molar-refractivity contribution is -0.146. The summed E-state index contributed by atoms with van der Waals surface area (Å²) in [6.07, 6.45) is 0.973. The summed E-state index contributed by atoms with van der Waals surface area (Å²) in [6, 6.07) is 2.06. The zero-order valence-corrected chi connectivity index (χ0v) is 14.7. The van der Waals surface area contributed by atoms with Gasteiger partial charge < -0.3 is 9.84 Å². The molecule has 1 atom stereocenters. The van der Waals surface area contributed by atoms with Crippen LogP contribution in [-0.2, 0) is 20.7 Å². The van der Waals surface area contributed by atoms with Crippen LogP contribution in [0.15, 0.2) is 11.4 Å². The highest BCUT2D eigenvalue weighted by molar-refractivity contribution is 7.10. The monoisotopic (exact) mass is 326 g/mol. The first-order valence-corrected chi connectivity index (χ1v) is 8.59. The van der Waals surface area contributed by atoms with Crippen molar-refractivity contribution in [1.29, 1.82) is 0 Å². The Kier molecular flexibility index (Phi) is 7.23. The SMILES string of the molecule is CCOC(=O)CC(=O)C[C@@](O)(CCc1ccsc1C)C(C)C. The molecule has 4 nitrogen and oxygen atoms in total. The third-order valence-corrected chi connectivity index (χ3v) is 4.91. The van der Waals surface area contributed by atoms with Crippen molar-refractivity contribution in [3.05, 3.63) is 21.9 Å². The Balaban J connectivity index is 2.64. The maximum absolute atomic E-state index is 12.0. The number of rotatable bonds is 9. The van der Waals surface area contributed by atoms with E-state index in [9.17, 15) is 14.7 Å². The van der Waals surface area contributed by atoms with Crippen molar-refractivity contribution in [3.8, 4) is 0 Å². The molecule has 0 bridgehead atoms. The number of thiophene rings is 1. The predicted molar refractivity (Wildman–Crippen MR) is 88.0 cm³/mol. The number of ketones is 1. The molecule has 1 heterocycles. The standard InChI is InChI=1S/C17H26O4S/c1-5-21-16(19)10-15(18)11-17(20,12(2)3)8-6-14-7-9-22-13(14)4/h7,9,12,20H,5-6,8,10-11H2,1-4H3/t17-/m0/s1. The molecular formula is C17H26O4S. The first-order valence-electron chi connectivity index (χ1n) is 7.71. The van der Waals surface area contributed by atoms with E-state index in [1.165, 1.54) is 10.4 Å². The van der Waals surface area contributed by atoms with Gasteiger partial charge in [0.2, 0.25) is 0 Å². The average Bonchev–Trinajstić information content (AvgIpc) is 2.81. The second kappa shape index (κ2) is 8.44. The summed E-state index contributed by atoms with van der Waals surface area (Å²) in [5.74, 6) is -0.846. The van der Waals surface area contributed by atoms with Crippen molar-refractivity contribution in [2.45, 2.75) is 59.0 Å². The summed E-state index contributed by atoms with van der Waals surface area (Å²) in [4.78, 5) is 24.6. The Morgan fingerprint density at radius 3 is 2.59 bits per heavy atom.